The zero-order valence-corrected chi connectivity index (χ0v) is 11.5. The largest absolute Gasteiger partial charge is 0.453 e. The summed E-state index contributed by atoms with van der Waals surface area (Å²) in [6, 6.07) is 5.21. The molecule has 0 aliphatic heterocycles. The molecule has 0 aliphatic carbocycles. The Kier molecular flexibility index (Phi) is 4.13. The molecule has 0 radical (unpaired) electrons. The quantitative estimate of drug-likeness (QED) is 0.689. The first-order chi connectivity index (χ1) is 9.88. The highest BCUT2D eigenvalue weighted by molar-refractivity contribution is 5.46. The number of pyridine rings is 1. The Labute approximate surface area is 120 Å². The van der Waals surface area contributed by atoms with Crippen LogP contribution in [0.4, 0.5) is 10.1 Å². The summed E-state index contributed by atoms with van der Waals surface area (Å²) in [4.78, 5) is 14.2. The molecule has 1 atom stereocenters. The maximum atomic E-state index is 13.8. The lowest BCUT2D eigenvalue weighted by Crippen LogP contribution is -2.06. The Balaban J connectivity index is 2.27. The summed E-state index contributed by atoms with van der Waals surface area (Å²) in [6.07, 6.45) is 1.43. The SMILES string of the molecule is Cc1cc(Oc2ccc(C(C)N)nc2)c(F)cc1[N+](=O)[O-]. The minimum atomic E-state index is -0.802. The van der Waals surface area contributed by atoms with Crippen LogP contribution in [0.1, 0.15) is 24.2 Å². The van der Waals surface area contributed by atoms with E-state index in [0.717, 1.165) is 6.07 Å². The molecule has 0 saturated carbocycles. The molecule has 1 unspecified atom stereocenters. The average Bonchev–Trinajstić information content (AvgIpc) is 2.42. The third kappa shape index (κ3) is 3.32. The highest BCUT2D eigenvalue weighted by Gasteiger charge is 2.17. The molecule has 0 saturated heterocycles. The maximum Gasteiger partial charge on any atom is 0.275 e. The normalized spacial score (nSPS) is 12.0. The molecule has 0 spiro atoms. The van der Waals surface area contributed by atoms with E-state index in [1.807, 2.05) is 0 Å². The third-order valence-electron chi connectivity index (χ3n) is 2.90. The van der Waals surface area contributed by atoms with Crippen molar-refractivity contribution in [1.82, 2.24) is 4.98 Å². The molecule has 2 N–H and O–H groups in total. The van der Waals surface area contributed by atoms with Gasteiger partial charge in [0.15, 0.2) is 11.6 Å². The summed E-state index contributed by atoms with van der Waals surface area (Å²) in [7, 11) is 0. The number of benzene rings is 1. The fourth-order valence-corrected chi connectivity index (χ4v) is 1.77. The van der Waals surface area contributed by atoms with Crippen LogP contribution in [0.15, 0.2) is 30.5 Å². The molecule has 2 aromatic rings. The second-order valence-electron chi connectivity index (χ2n) is 4.64. The number of nitrogens with two attached hydrogens (primary N) is 1. The molecule has 7 heteroatoms. The topological polar surface area (TPSA) is 91.3 Å². The number of aromatic nitrogens is 1. The van der Waals surface area contributed by atoms with Crippen LogP contribution in [0.5, 0.6) is 11.5 Å². The Bertz CT molecular complexity index is 672. The smallest absolute Gasteiger partial charge is 0.275 e. The van der Waals surface area contributed by atoms with Gasteiger partial charge >= 0.3 is 0 Å². The number of hydrogen-bond donors (Lipinski definition) is 1. The zero-order chi connectivity index (χ0) is 15.6. The van der Waals surface area contributed by atoms with E-state index in [9.17, 15) is 14.5 Å². The second-order valence-corrected chi connectivity index (χ2v) is 4.64. The summed E-state index contributed by atoms with van der Waals surface area (Å²) < 4.78 is 19.2. The van der Waals surface area contributed by atoms with Crippen molar-refractivity contribution < 1.29 is 14.1 Å². The zero-order valence-electron chi connectivity index (χ0n) is 11.5. The van der Waals surface area contributed by atoms with Crippen molar-refractivity contribution in [2.75, 3.05) is 0 Å². The number of aryl methyl sites for hydroxylation is 1. The molecule has 2 rings (SSSR count). The lowest BCUT2D eigenvalue weighted by atomic mass is 10.2. The summed E-state index contributed by atoms with van der Waals surface area (Å²) in [5.41, 5.74) is 6.39. The van der Waals surface area contributed by atoms with Crippen molar-refractivity contribution in [3.8, 4) is 11.5 Å². The molecule has 110 valence electrons. The third-order valence-corrected chi connectivity index (χ3v) is 2.90. The summed E-state index contributed by atoms with van der Waals surface area (Å²) in [6.45, 7) is 3.31. The summed E-state index contributed by atoms with van der Waals surface area (Å²) >= 11 is 0. The van der Waals surface area contributed by atoms with Gasteiger partial charge in [-0.1, -0.05) is 0 Å². The van der Waals surface area contributed by atoms with Crippen LogP contribution in [0.2, 0.25) is 0 Å². The molecule has 0 fully saturated rings. The van der Waals surface area contributed by atoms with Crippen molar-refractivity contribution in [3.63, 3.8) is 0 Å². The Hall–Kier alpha value is -2.54. The van der Waals surface area contributed by atoms with Gasteiger partial charge in [0.2, 0.25) is 0 Å². The van der Waals surface area contributed by atoms with E-state index >= 15 is 0 Å². The molecule has 1 aromatic carbocycles. The van der Waals surface area contributed by atoms with Gasteiger partial charge in [-0.15, -0.1) is 0 Å². The Morgan fingerprint density at radius 2 is 2.14 bits per heavy atom. The van der Waals surface area contributed by atoms with E-state index < -0.39 is 10.7 Å². The molecular formula is C14H14FN3O3. The maximum absolute atomic E-state index is 13.8. The van der Waals surface area contributed by atoms with Gasteiger partial charge in [0, 0.05) is 11.6 Å². The van der Waals surface area contributed by atoms with Gasteiger partial charge in [-0.05, 0) is 32.0 Å². The van der Waals surface area contributed by atoms with Crippen LogP contribution in [-0.4, -0.2) is 9.91 Å². The number of hydrogen-bond acceptors (Lipinski definition) is 5. The summed E-state index contributed by atoms with van der Waals surface area (Å²) in [5.74, 6) is -0.566. The number of ether oxygens (including phenoxy) is 1. The molecule has 0 bridgehead atoms. The number of halogens is 1. The van der Waals surface area contributed by atoms with Gasteiger partial charge < -0.3 is 10.5 Å². The second kappa shape index (κ2) is 5.84. The van der Waals surface area contributed by atoms with Crippen LogP contribution < -0.4 is 10.5 Å². The van der Waals surface area contributed by atoms with E-state index in [4.69, 9.17) is 10.5 Å². The average molecular weight is 291 g/mol. The van der Waals surface area contributed by atoms with Gasteiger partial charge in [0.05, 0.1) is 22.9 Å². The molecule has 0 aliphatic rings. The highest BCUT2D eigenvalue weighted by atomic mass is 19.1. The number of nitrogens with zero attached hydrogens (tertiary/aromatic N) is 2. The molecule has 6 nitrogen and oxygen atoms in total. The molecule has 1 aromatic heterocycles. The molecule has 21 heavy (non-hydrogen) atoms. The van der Waals surface area contributed by atoms with Crippen molar-refractivity contribution in [2.24, 2.45) is 5.73 Å². The van der Waals surface area contributed by atoms with Crippen LogP contribution in [0.3, 0.4) is 0 Å². The van der Waals surface area contributed by atoms with Crippen molar-refractivity contribution >= 4 is 5.69 Å². The monoisotopic (exact) mass is 291 g/mol. The van der Waals surface area contributed by atoms with Crippen LogP contribution in [0.25, 0.3) is 0 Å². The first-order valence-corrected chi connectivity index (χ1v) is 6.22. The van der Waals surface area contributed by atoms with E-state index in [-0.39, 0.29) is 17.5 Å². The van der Waals surface area contributed by atoms with E-state index in [2.05, 4.69) is 4.98 Å². The van der Waals surface area contributed by atoms with Crippen LogP contribution in [0, 0.1) is 22.9 Å². The van der Waals surface area contributed by atoms with Gasteiger partial charge in [0.25, 0.3) is 5.69 Å². The predicted octanol–water partition coefficient (Wildman–Crippen LogP) is 3.25. The number of nitro groups is 1. The van der Waals surface area contributed by atoms with Gasteiger partial charge in [-0.25, -0.2) is 4.39 Å². The first kappa shape index (κ1) is 14.9. The minimum Gasteiger partial charge on any atom is -0.453 e. The van der Waals surface area contributed by atoms with Crippen molar-refractivity contribution in [1.29, 1.82) is 0 Å². The van der Waals surface area contributed by atoms with Gasteiger partial charge in [-0.3, -0.25) is 15.1 Å². The Morgan fingerprint density at radius 3 is 2.67 bits per heavy atom. The van der Waals surface area contributed by atoms with Crippen LogP contribution >= 0.6 is 0 Å². The standard InChI is InChI=1S/C14H14FN3O3/c1-8-5-14(11(15)6-13(8)18(19)20)21-10-3-4-12(9(2)16)17-7-10/h3-7,9H,16H2,1-2H3. The predicted molar refractivity (Wildman–Crippen MR) is 74.7 cm³/mol. The van der Waals surface area contributed by atoms with E-state index in [1.165, 1.54) is 19.2 Å². The van der Waals surface area contributed by atoms with Gasteiger partial charge in [-0.2, -0.15) is 0 Å². The lowest BCUT2D eigenvalue weighted by molar-refractivity contribution is -0.385. The fourth-order valence-electron chi connectivity index (χ4n) is 1.77. The lowest BCUT2D eigenvalue weighted by Gasteiger charge is -2.09. The minimum absolute atomic E-state index is 0.0894. The van der Waals surface area contributed by atoms with E-state index in [1.54, 1.807) is 19.1 Å². The molecular weight excluding hydrogens is 277 g/mol. The fraction of sp³-hybridized carbons (Fsp3) is 0.214. The number of nitro benzene ring substituents is 1. The van der Waals surface area contributed by atoms with Crippen LogP contribution in [-0.2, 0) is 0 Å². The molecule has 0 amide bonds. The summed E-state index contributed by atoms with van der Waals surface area (Å²) in [5, 5.41) is 10.7. The van der Waals surface area contributed by atoms with E-state index in [0.29, 0.717) is 17.0 Å². The molecule has 1 heterocycles. The van der Waals surface area contributed by atoms with Gasteiger partial charge in [0.1, 0.15) is 5.75 Å². The number of rotatable bonds is 4. The van der Waals surface area contributed by atoms with Crippen molar-refractivity contribution in [2.45, 2.75) is 19.9 Å². The first-order valence-electron chi connectivity index (χ1n) is 6.22. The van der Waals surface area contributed by atoms with Crippen molar-refractivity contribution in [3.05, 3.63) is 57.7 Å². The Morgan fingerprint density at radius 1 is 1.43 bits per heavy atom. The highest BCUT2D eigenvalue weighted by Crippen LogP contribution is 2.30.